The molecule has 1 saturated heterocycles. The standard InChI is InChI=1S/C25H30N4O3S/c1-4-19-7-5-6-8-23(19)26-25(30)28-15-13-20(14-16-28)24-17-18(2)27-29(24)21-9-11-22(12-10-21)33(3,31)32/h5-12,17,20H,4,13-16H2,1-3H3,(H,26,30). The molecule has 1 aliphatic rings. The van der Waals surface area contributed by atoms with Crippen LogP contribution in [-0.4, -0.2) is 48.5 Å². The minimum Gasteiger partial charge on any atom is -0.324 e. The number of rotatable bonds is 5. The van der Waals surface area contributed by atoms with Crippen molar-refractivity contribution in [1.82, 2.24) is 14.7 Å². The van der Waals surface area contributed by atoms with Gasteiger partial charge in [-0.05, 0) is 68.1 Å². The number of likely N-dealkylation sites (tertiary alicyclic amines) is 1. The molecular formula is C25H30N4O3S. The first-order valence-corrected chi connectivity index (χ1v) is 13.2. The van der Waals surface area contributed by atoms with Crippen molar-refractivity contribution in [2.24, 2.45) is 0 Å². The van der Waals surface area contributed by atoms with Crippen LogP contribution in [0.15, 0.2) is 59.5 Å². The van der Waals surface area contributed by atoms with Gasteiger partial charge in [0.05, 0.1) is 16.3 Å². The van der Waals surface area contributed by atoms with Gasteiger partial charge in [-0.25, -0.2) is 17.9 Å². The Labute approximate surface area is 195 Å². The molecule has 0 bridgehead atoms. The monoisotopic (exact) mass is 466 g/mol. The first-order valence-electron chi connectivity index (χ1n) is 11.3. The van der Waals surface area contributed by atoms with E-state index in [1.54, 1.807) is 24.3 Å². The van der Waals surface area contributed by atoms with E-state index in [9.17, 15) is 13.2 Å². The molecule has 2 heterocycles. The number of benzene rings is 2. The lowest BCUT2D eigenvalue weighted by Crippen LogP contribution is -2.41. The van der Waals surface area contributed by atoms with Crippen LogP contribution in [0.4, 0.5) is 10.5 Å². The number of piperidine rings is 1. The van der Waals surface area contributed by atoms with Gasteiger partial charge in [0.1, 0.15) is 0 Å². The Morgan fingerprint density at radius 1 is 1.09 bits per heavy atom. The SMILES string of the molecule is CCc1ccccc1NC(=O)N1CCC(c2cc(C)nn2-c2ccc(S(C)(=O)=O)cc2)CC1. The number of nitrogens with zero attached hydrogens (tertiary/aromatic N) is 3. The third-order valence-corrected chi connectivity index (χ3v) is 7.34. The zero-order chi connectivity index (χ0) is 23.6. The van der Waals surface area contributed by atoms with Crippen molar-refractivity contribution in [2.45, 2.75) is 43.9 Å². The molecule has 1 aromatic heterocycles. The van der Waals surface area contributed by atoms with Crippen LogP contribution < -0.4 is 5.32 Å². The van der Waals surface area contributed by atoms with Crippen molar-refractivity contribution >= 4 is 21.6 Å². The van der Waals surface area contributed by atoms with Gasteiger partial charge < -0.3 is 10.2 Å². The van der Waals surface area contributed by atoms with Crippen LogP contribution in [0.3, 0.4) is 0 Å². The lowest BCUT2D eigenvalue weighted by molar-refractivity contribution is 0.193. The molecule has 0 radical (unpaired) electrons. The van der Waals surface area contributed by atoms with Gasteiger partial charge >= 0.3 is 6.03 Å². The summed E-state index contributed by atoms with van der Waals surface area (Å²) in [4.78, 5) is 15.0. The molecule has 0 atom stereocenters. The Balaban J connectivity index is 1.46. The fourth-order valence-corrected chi connectivity index (χ4v) is 5.01. The molecule has 3 aromatic rings. The quantitative estimate of drug-likeness (QED) is 0.598. The largest absolute Gasteiger partial charge is 0.324 e. The second kappa shape index (κ2) is 9.39. The highest BCUT2D eigenvalue weighted by Crippen LogP contribution is 2.31. The smallest absolute Gasteiger partial charge is 0.321 e. The predicted octanol–water partition coefficient (Wildman–Crippen LogP) is 4.56. The summed E-state index contributed by atoms with van der Waals surface area (Å²) < 4.78 is 25.5. The first kappa shape index (κ1) is 23.0. The van der Waals surface area contributed by atoms with Crippen LogP contribution in [0.25, 0.3) is 5.69 Å². The van der Waals surface area contributed by atoms with E-state index in [4.69, 9.17) is 0 Å². The number of aryl methyl sites for hydroxylation is 2. The van der Waals surface area contributed by atoms with Crippen molar-refractivity contribution < 1.29 is 13.2 Å². The number of urea groups is 1. The highest BCUT2D eigenvalue weighted by molar-refractivity contribution is 7.90. The van der Waals surface area contributed by atoms with E-state index in [1.165, 1.54) is 6.26 Å². The zero-order valence-electron chi connectivity index (χ0n) is 19.3. The van der Waals surface area contributed by atoms with Gasteiger partial charge in [-0.15, -0.1) is 0 Å². The lowest BCUT2D eigenvalue weighted by Gasteiger charge is -2.32. The third kappa shape index (κ3) is 5.11. The summed E-state index contributed by atoms with van der Waals surface area (Å²) in [6.07, 6.45) is 3.76. The van der Waals surface area contributed by atoms with Crippen molar-refractivity contribution in [3.8, 4) is 5.69 Å². The first-order chi connectivity index (χ1) is 15.8. The highest BCUT2D eigenvalue weighted by Gasteiger charge is 2.27. The molecule has 33 heavy (non-hydrogen) atoms. The van der Waals surface area contributed by atoms with E-state index in [-0.39, 0.29) is 11.9 Å². The molecule has 1 N–H and O–H groups in total. The van der Waals surface area contributed by atoms with Gasteiger partial charge in [-0.3, -0.25) is 0 Å². The second-order valence-electron chi connectivity index (χ2n) is 8.59. The fraction of sp³-hybridized carbons (Fsp3) is 0.360. The molecule has 1 fully saturated rings. The van der Waals surface area contributed by atoms with Gasteiger partial charge in [-0.1, -0.05) is 25.1 Å². The molecule has 8 heteroatoms. The van der Waals surface area contributed by atoms with Crippen LogP contribution in [0, 0.1) is 6.92 Å². The lowest BCUT2D eigenvalue weighted by atomic mass is 9.93. The van der Waals surface area contributed by atoms with Crippen LogP contribution in [-0.2, 0) is 16.3 Å². The van der Waals surface area contributed by atoms with Gasteiger partial charge in [0.25, 0.3) is 0 Å². The third-order valence-electron chi connectivity index (χ3n) is 6.21. The molecule has 0 saturated carbocycles. The van der Waals surface area contributed by atoms with E-state index in [0.717, 1.165) is 47.6 Å². The van der Waals surface area contributed by atoms with Crippen LogP contribution in [0.5, 0.6) is 0 Å². The summed E-state index contributed by atoms with van der Waals surface area (Å²) in [6, 6.07) is 16.7. The maximum atomic E-state index is 12.8. The van der Waals surface area contributed by atoms with E-state index in [1.807, 2.05) is 40.8 Å². The Bertz CT molecular complexity index is 1240. The molecule has 0 spiro atoms. The summed E-state index contributed by atoms with van der Waals surface area (Å²) in [5.41, 5.74) is 4.84. The molecular weight excluding hydrogens is 436 g/mol. The molecule has 4 rings (SSSR count). The van der Waals surface area contributed by atoms with Crippen molar-refractivity contribution in [2.75, 3.05) is 24.7 Å². The van der Waals surface area contributed by atoms with Crippen molar-refractivity contribution in [1.29, 1.82) is 0 Å². The van der Waals surface area contributed by atoms with Crippen LogP contribution >= 0.6 is 0 Å². The summed E-state index contributed by atoms with van der Waals surface area (Å²) in [7, 11) is -3.24. The summed E-state index contributed by atoms with van der Waals surface area (Å²) in [5, 5.41) is 7.72. The zero-order valence-corrected chi connectivity index (χ0v) is 20.1. The maximum absolute atomic E-state index is 12.8. The minimum absolute atomic E-state index is 0.0598. The Morgan fingerprint density at radius 3 is 2.39 bits per heavy atom. The number of hydrogen-bond acceptors (Lipinski definition) is 4. The van der Waals surface area contributed by atoms with E-state index >= 15 is 0 Å². The van der Waals surface area contributed by atoms with Gasteiger partial charge in [0, 0.05) is 36.6 Å². The number of aromatic nitrogens is 2. The maximum Gasteiger partial charge on any atom is 0.321 e. The average Bonchev–Trinajstić information content (AvgIpc) is 3.20. The average molecular weight is 467 g/mol. The highest BCUT2D eigenvalue weighted by atomic mass is 32.2. The van der Waals surface area contributed by atoms with E-state index in [0.29, 0.717) is 18.0 Å². The van der Waals surface area contributed by atoms with Gasteiger partial charge in [-0.2, -0.15) is 5.10 Å². The van der Waals surface area contributed by atoms with Crippen molar-refractivity contribution in [3.63, 3.8) is 0 Å². The Morgan fingerprint density at radius 2 is 1.76 bits per heavy atom. The number of sulfone groups is 1. The number of amides is 2. The normalized spacial score (nSPS) is 14.9. The van der Waals surface area contributed by atoms with Crippen molar-refractivity contribution in [3.05, 3.63) is 71.5 Å². The summed E-state index contributed by atoms with van der Waals surface area (Å²) in [5.74, 6) is 0.271. The Hall–Kier alpha value is -3.13. The topological polar surface area (TPSA) is 84.3 Å². The minimum atomic E-state index is -3.24. The van der Waals surface area contributed by atoms with E-state index < -0.39 is 9.84 Å². The second-order valence-corrected chi connectivity index (χ2v) is 10.6. The molecule has 0 aliphatic carbocycles. The summed E-state index contributed by atoms with van der Waals surface area (Å²) >= 11 is 0. The number of para-hydroxylation sites is 1. The van der Waals surface area contributed by atoms with Crippen LogP contribution in [0.1, 0.15) is 42.6 Å². The number of nitrogens with one attached hydrogen (secondary N) is 1. The van der Waals surface area contributed by atoms with Crippen LogP contribution in [0.2, 0.25) is 0 Å². The molecule has 7 nitrogen and oxygen atoms in total. The molecule has 2 aromatic carbocycles. The molecule has 174 valence electrons. The predicted molar refractivity (Wildman–Crippen MR) is 130 cm³/mol. The van der Waals surface area contributed by atoms with E-state index in [2.05, 4.69) is 23.4 Å². The Kier molecular flexibility index (Phi) is 6.56. The van der Waals surface area contributed by atoms with Gasteiger partial charge in [0.2, 0.25) is 0 Å². The number of carbonyl (C=O) groups excluding carboxylic acids is 1. The molecule has 1 aliphatic heterocycles. The fourth-order valence-electron chi connectivity index (χ4n) is 4.37. The summed E-state index contributed by atoms with van der Waals surface area (Å²) in [6.45, 7) is 5.37. The molecule has 0 unspecified atom stereocenters. The molecule has 2 amide bonds. The number of carbonyl (C=O) groups is 1. The van der Waals surface area contributed by atoms with Gasteiger partial charge in [0.15, 0.2) is 9.84 Å². The number of anilines is 1. The number of hydrogen-bond donors (Lipinski definition) is 1.